The fraction of sp³-hybridized carbons (Fsp3) is 0.381. The van der Waals surface area contributed by atoms with Crippen LogP contribution in [0.25, 0.3) is 0 Å². The van der Waals surface area contributed by atoms with Crippen LogP contribution < -0.4 is 10.6 Å². The second kappa shape index (κ2) is 8.99. The van der Waals surface area contributed by atoms with Crippen LogP contribution in [0.15, 0.2) is 48.5 Å². The van der Waals surface area contributed by atoms with Crippen LogP contribution in [0.1, 0.15) is 48.0 Å². The molecule has 1 fully saturated rings. The van der Waals surface area contributed by atoms with Crippen molar-refractivity contribution in [1.29, 1.82) is 0 Å². The lowest BCUT2D eigenvalue weighted by molar-refractivity contribution is 0.102. The standard InChI is InChI=1S/C21H26N2O2S/c1-26(25)15-16-6-5-7-17(14-16)21(24)23-20-12-10-19(11-13-20)22-18-8-3-2-4-9-18/h5-7,10-14,18,22H,2-4,8-9,15H2,1H3,(H,23,24)/t26-/m0/s1. The summed E-state index contributed by atoms with van der Waals surface area (Å²) in [5.74, 6) is 0.310. The van der Waals surface area contributed by atoms with Gasteiger partial charge in [0.2, 0.25) is 0 Å². The molecule has 0 aliphatic heterocycles. The van der Waals surface area contributed by atoms with E-state index in [1.165, 1.54) is 32.1 Å². The first-order valence-corrected chi connectivity index (χ1v) is 10.9. The van der Waals surface area contributed by atoms with Gasteiger partial charge < -0.3 is 10.6 Å². The lowest BCUT2D eigenvalue weighted by Gasteiger charge is -2.23. The number of amides is 1. The monoisotopic (exact) mass is 370 g/mol. The Hall–Kier alpha value is -2.14. The first-order valence-electron chi connectivity index (χ1n) is 9.17. The van der Waals surface area contributed by atoms with Crippen LogP contribution in [-0.4, -0.2) is 22.4 Å². The van der Waals surface area contributed by atoms with Crippen molar-refractivity contribution in [2.75, 3.05) is 16.9 Å². The van der Waals surface area contributed by atoms with Crippen LogP contribution >= 0.6 is 0 Å². The number of hydrogen-bond donors (Lipinski definition) is 2. The Bertz CT molecular complexity index is 768. The Morgan fingerprint density at radius 3 is 2.42 bits per heavy atom. The van der Waals surface area contributed by atoms with Gasteiger partial charge in [-0.25, -0.2) is 0 Å². The molecule has 0 spiro atoms. The third-order valence-electron chi connectivity index (χ3n) is 4.68. The summed E-state index contributed by atoms with van der Waals surface area (Å²) in [4.78, 5) is 12.5. The highest BCUT2D eigenvalue weighted by atomic mass is 32.2. The van der Waals surface area contributed by atoms with E-state index in [1.807, 2.05) is 36.4 Å². The smallest absolute Gasteiger partial charge is 0.255 e. The average Bonchev–Trinajstić information content (AvgIpc) is 2.64. The van der Waals surface area contributed by atoms with E-state index in [4.69, 9.17) is 0 Å². The molecule has 1 aliphatic rings. The molecule has 1 amide bonds. The molecule has 5 heteroatoms. The molecule has 138 valence electrons. The zero-order chi connectivity index (χ0) is 18.4. The molecule has 0 unspecified atom stereocenters. The molecule has 1 saturated carbocycles. The quantitative estimate of drug-likeness (QED) is 0.783. The van der Waals surface area contributed by atoms with Gasteiger partial charge in [0, 0.05) is 45.8 Å². The molecule has 0 aromatic heterocycles. The lowest BCUT2D eigenvalue weighted by Crippen LogP contribution is -2.22. The van der Waals surface area contributed by atoms with Gasteiger partial charge in [-0.1, -0.05) is 31.4 Å². The number of hydrogen-bond acceptors (Lipinski definition) is 3. The minimum atomic E-state index is -0.921. The third kappa shape index (κ3) is 5.43. The molecule has 26 heavy (non-hydrogen) atoms. The van der Waals surface area contributed by atoms with Crippen LogP contribution in [0.5, 0.6) is 0 Å². The molecule has 2 aromatic rings. The van der Waals surface area contributed by atoms with Gasteiger partial charge in [-0.3, -0.25) is 9.00 Å². The Morgan fingerprint density at radius 1 is 1.04 bits per heavy atom. The van der Waals surface area contributed by atoms with Crippen molar-refractivity contribution >= 4 is 28.1 Å². The maximum absolute atomic E-state index is 12.5. The molecule has 1 aliphatic carbocycles. The van der Waals surface area contributed by atoms with E-state index in [2.05, 4.69) is 10.6 Å². The number of anilines is 2. The van der Waals surface area contributed by atoms with E-state index in [1.54, 1.807) is 18.4 Å². The molecule has 2 N–H and O–H groups in total. The molecular formula is C21H26N2O2S. The van der Waals surface area contributed by atoms with Gasteiger partial charge in [-0.05, 0) is 54.8 Å². The highest BCUT2D eigenvalue weighted by molar-refractivity contribution is 7.83. The fourth-order valence-corrected chi connectivity index (χ4v) is 4.02. The van der Waals surface area contributed by atoms with E-state index in [-0.39, 0.29) is 5.91 Å². The predicted octanol–water partition coefficient (Wildman–Crippen LogP) is 4.56. The summed E-state index contributed by atoms with van der Waals surface area (Å²) in [6, 6.07) is 15.7. The van der Waals surface area contributed by atoms with Crippen molar-refractivity contribution in [2.45, 2.75) is 43.9 Å². The van der Waals surface area contributed by atoms with Gasteiger partial charge in [0.15, 0.2) is 0 Å². The number of nitrogens with one attached hydrogen (secondary N) is 2. The van der Waals surface area contributed by atoms with Crippen molar-refractivity contribution in [3.05, 3.63) is 59.7 Å². The Balaban J connectivity index is 1.59. The van der Waals surface area contributed by atoms with Crippen molar-refractivity contribution in [3.8, 4) is 0 Å². The first kappa shape index (κ1) is 18.6. The Kier molecular flexibility index (Phi) is 6.45. The number of carbonyl (C=O) groups is 1. The first-order chi connectivity index (χ1) is 12.6. The van der Waals surface area contributed by atoms with Gasteiger partial charge in [0.25, 0.3) is 5.91 Å². The van der Waals surface area contributed by atoms with E-state index in [9.17, 15) is 9.00 Å². The van der Waals surface area contributed by atoms with Crippen molar-refractivity contribution in [2.24, 2.45) is 0 Å². The van der Waals surface area contributed by atoms with Crippen molar-refractivity contribution in [3.63, 3.8) is 0 Å². The number of rotatable bonds is 6. The van der Waals surface area contributed by atoms with Gasteiger partial charge in [0.1, 0.15) is 0 Å². The zero-order valence-electron chi connectivity index (χ0n) is 15.2. The normalized spacial score (nSPS) is 16.0. The van der Waals surface area contributed by atoms with Crippen LogP contribution in [0, 0.1) is 0 Å². The predicted molar refractivity (Wildman–Crippen MR) is 109 cm³/mol. The van der Waals surface area contributed by atoms with E-state index >= 15 is 0 Å². The van der Waals surface area contributed by atoms with Crippen LogP contribution in [0.2, 0.25) is 0 Å². The maximum atomic E-state index is 12.5. The summed E-state index contributed by atoms with van der Waals surface area (Å²) in [6.07, 6.45) is 8.08. The van der Waals surface area contributed by atoms with Crippen molar-refractivity contribution < 1.29 is 9.00 Å². The average molecular weight is 371 g/mol. The van der Waals surface area contributed by atoms with Crippen LogP contribution in [0.4, 0.5) is 11.4 Å². The highest BCUT2D eigenvalue weighted by Crippen LogP contribution is 2.22. The summed E-state index contributed by atoms with van der Waals surface area (Å²) in [5, 5.41) is 6.50. The second-order valence-corrected chi connectivity index (χ2v) is 8.36. The molecule has 3 rings (SSSR count). The van der Waals surface area contributed by atoms with Crippen LogP contribution in [-0.2, 0) is 16.6 Å². The molecule has 0 bridgehead atoms. The van der Waals surface area contributed by atoms with Gasteiger partial charge in [-0.15, -0.1) is 0 Å². The molecule has 4 nitrogen and oxygen atoms in total. The maximum Gasteiger partial charge on any atom is 0.255 e. The summed E-state index contributed by atoms with van der Waals surface area (Å²) in [5.41, 5.74) is 3.36. The second-order valence-electron chi connectivity index (χ2n) is 6.93. The highest BCUT2D eigenvalue weighted by Gasteiger charge is 2.13. The topological polar surface area (TPSA) is 58.2 Å². The van der Waals surface area contributed by atoms with Gasteiger partial charge >= 0.3 is 0 Å². The molecular weight excluding hydrogens is 344 g/mol. The summed E-state index contributed by atoms with van der Waals surface area (Å²) in [7, 11) is -0.921. The summed E-state index contributed by atoms with van der Waals surface area (Å²) in [6.45, 7) is 0. The largest absolute Gasteiger partial charge is 0.382 e. The summed E-state index contributed by atoms with van der Waals surface area (Å²) < 4.78 is 11.4. The van der Waals surface area contributed by atoms with Crippen molar-refractivity contribution in [1.82, 2.24) is 0 Å². The number of benzene rings is 2. The minimum Gasteiger partial charge on any atom is -0.382 e. The fourth-order valence-electron chi connectivity index (χ4n) is 3.37. The van der Waals surface area contributed by atoms with E-state index in [0.717, 1.165) is 16.9 Å². The summed E-state index contributed by atoms with van der Waals surface area (Å²) >= 11 is 0. The van der Waals surface area contributed by atoms with Crippen LogP contribution in [0.3, 0.4) is 0 Å². The molecule has 0 heterocycles. The molecule has 2 aromatic carbocycles. The van der Waals surface area contributed by atoms with Gasteiger partial charge in [0.05, 0.1) is 0 Å². The molecule has 1 atom stereocenters. The lowest BCUT2D eigenvalue weighted by atomic mass is 9.95. The van der Waals surface area contributed by atoms with E-state index < -0.39 is 10.8 Å². The SMILES string of the molecule is C[S@](=O)Cc1cccc(C(=O)Nc2ccc(NC3CCCCC3)cc2)c1. The Morgan fingerprint density at radius 2 is 1.73 bits per heavy atom. The third-order valence-corrected chi connectivity index (χ3v) is 5.42. The molecule has 0 radical (unpaired) electrons. The Labute approximate surface area is 157 Å². The zero-order valence-corrected chi connectivity index (χ0v) is 16.0. The number of carbonyl (C=O) groups excluding carboxylic acids is 1. The minimum absolute atomic E-state index is 0.151. The van der Waals surface area contributed by atoms with E-state index in [0.29, 0.717) is 17.4 Å². The molecule has 0 saturated heterocycles. The van der Waals surface area contributed by atoms with Gasteiger partial charge in [-0.2, -0.15) is 0 Å².